The lowest BCUT2D eigenvalue weighted by molar-refractivity contribution is 0.00581. The monoisotopic (exact) mass is 478 g/mol. The van der Waals surface area contributed by atoms with Crippen LogP contribution >= 0.6 is 0 Å². The standard InChI is InChI=1S/C24H31FN2O5S/c1-24(2,3)32-23(29)27-14-8-12-19(26-33(4,30)31)20(27)15-16-9-7-11-18(22(16)25)17-10-5-6-13-21(17)28/h5-7,9-11,13,19-20,26,28H,8,12,14-15H2,1-4H3. The number of para-hydroxylation sites is 1. The molecule has 2 N–H and O–H groups in total. The number of nitrogens with one attached hydrogen (secondary N) is 1. The van der Waals surface area contributed by atoms with Gasteiger partial charge in [-0.25, -0.2) is 22.3 Å². The van der Waals surface area contributed by atoms with Gasteiger partial charge in [-0.2, -0.15) is 0 Å². The summed E-state index contributed by atoms with van der Waals surface area (Å²) in [6.45, 7) is 5.64. The lowest BCUT2D eigenvalue weighted by Gasteiger charge is -2.41. The molecule has 0 bridgehead atoms. The Kier molecular flexibility index (Phi) is 7.33. The molecule has 1 aliphatic heterocycles. The van der Waals surface area contributed by atoms with Crippen LogP contribution in [0.4, 0.5) is 9.18 Å². The summed E-state index contributed by atoms with van der Waals surface area (Å²) in [7, 11) is -3.56. The predicted octanol–water partition coefficient (Wildman–Crippen LogP) is 4.06. The Labute approximate surface area is 194 Å². The number of phenols is 1. The molecule has 1 saturated heterocycles. The number of aromatic hydroxyl groups is 1. The molecule has 2 atom stereocenters. The Balaban J connectivity index is 1.99. The summed E-state index contributed by atoms with van der Waals surface area (Å²) in [5, 5.41) is 10.2. The van der Waals surface area contributed by atoms with Crippen molar-refractivity contribution in [2.45, 2.75) is 57.7 Å². The van der Waals surface area contributed by atoms with Crippen LogP contribution in [-0.2, 0) is 21.2 Å². The summed E-state index contributed by atoms with van der Waals surface area (Å²) in [6, 6.07) is 10.1. The molecular formula is C24H31FN2O5S. The molecule has 0 radical (unpaired) electrons. The zero-order valence-electron chi connectivity index (χ0n) is 19.3. The van der Waals surface area contributed by atoms with Crippen LogP contribution in [0.2, 0.25) is 0 Å². The van der Waals surface area contributed by atoms with Gasteiger partial charge in [0.1, 0.15) is 17.2 Å². The van der Waals surface area contributed by atoms with Gasteiger partial charge >= 0.3 is 6.09 Å². The summed E-state index contributed by atoms with van der Waals surface area (Å²) in [5.41, 5.74) is 0.180. The zero-order valence-corrected chi connectivity index (χ0v) is 20.2. The van der Waals surface area contributed by atoms with Gasteiger partial charge in [0.2, 0.25) is 10.0 Å². The van der Waals surface area contributed by atoms with Crippen LogP contribution in [0.25, 0.3) is 11.1 Å². The first-order valence-corrected chi connectivity index (χ1v) is 12.8. The number of hydrogen-bond donors (Lipinski definition) is 2. The smallest absolute Gasteiger partial charge is 0.410 e. The van der Waals surface area contributed by atoms with Gasteiger partial charge < -0.3 is 14.7 Å². The Morgan fingerprint density at radius 1 is 1.18 bits per heavy atom. The van der Waals surface area contributed by atoms with Crippen LogP contribution in [-0.4, -0.2) is 55.0 Å². The SMILES string of the molecule is CC(C)(C)OC(=O)N1CCCC(NS(C)(=O)=O)C1Cc1cccc(-c2ccccc2O)c1F. The molecule has 2 aromatic carbocycles. The van der Waals surface area contributed by atoms with Crippen molar-refractivity contribution in [1.29, 1.82) is 0 Å². The van der Waals surface area contributed by atoms with Crippen LogP contribution in [0.15, 0.2) is 42.5 Å². The van der Waals surface area contributed by atoms with E-state index in [1.165, 1.54) is 11.0 Å². The van der Waals surface area contributed by atoms with Gasteiger partial charge in [-0.3, -0.25) is 0 Å². The number of phenolic OH excluding ortho intramolecular Hbond substituents is 1. The number of halogens is 1. The Morgan fingerprint density at radius 2 is 1.85 bits per heavy atom. The summed E-state index contributed by atoms with van der Waals surface area (Å²) >= 11 is 0. The minimum Gasteiger partial charge on any atom is -0.507 e. The summed E-state index contributed by atoms with van der Waals surface area (Å²) in [4.78, 5) is 14.4. The van der Waals surface area contributed by atoms with Crippen molar-refractivity contribution in [3.8, 4) is 16.9 Å². The van der Waals surface area contributed by atoms with Gasteiger partial charge in [-0.05, 0) is 51.7 Å². The molecule has 0 aliphatic carbocycles. The van der Waals surface area contributed by atoms with Crippen LogP contribution in [0.5, 0.6) is 5.75 Å². The van der Waals surface area contributed by atoms with Crippen LogP contribution < -0.4 is 4.72 Å². The lowest BCUT2D eigenvalue weighted by atomic mass is 9.90. The maximum atomic E-state index is 15.6. The maximum absolute atomic E-state index is 15.6. The molecule has 0 aromatic heterocycles. The van der Waals surface area contributed by atoms with E-state index in [0.29, 0.717) is 30.5 Å². The zero-order chi connectivity index (χ0) is 24.4. The fraction of sp³-hybridized carbons (Fsp3) is 0.458. The van der Waals surface area contributed by atoms with Crippen molar-refractivity contribution in [3.05, 3.63) is 53.8 Å². The molecule has 1 aliphatic rings. The second-order valence-electron chi connectivity index (χ2n) is 9.38. The Morgan fingerprint density at radius 3 is 2.48 bits per heavy atom. The number of nitrogens with zero attached hydrogens (tertiary/aromatic N) is 1. The summed E-state index contributed by atoms with van der Waals surface area (Å²) in [5.74, 6) is -0.565. The summed E-state index contributed by atoms with van der Waals surface area (Å²) in [6.07, 6.45) is 1.68. The van der Waals surface area contributed by atoms with Gasteiger partial charge in [0, 0.05) is 23.7 Å². The van der Waals surface area contributed by atoms with Crippen molar-refractivity contribution in [3.63, 3.8) is 0 Å². The van der Waals surface area contributed by atoms with Crippen molar-refractivity contribution < 1.29 is 27.4 Å². The number of hydrogen-bond acceptors (Lipinski definition) is 5. The third kappa shape index (κ3) is 6.45. The number of carbonyl (C=O) groups excluding carboxylic acids is 1. The number of ether oxygens (including phenoxy) is 1. The minimum atomic E-state index is -3.56. The van der Waals surface area contributed by atoms with E-state index in [0.717, 1.165) is 6.26 Å². The van der Waals surface area contributed by atoms with E-state index in [1.54, 1.807) is 57.2 Å². The number of benzene rings is 2. The largest absolute Gasteiger partial charge is 0.507 e. The van der Waals surface area contributed by atoms with E-state index in [4.69, 9.17) is 4.74 Å². The average Bonchev–Trinajstić information content (AvgIpc) is 2.69. The Hall–Kier alpha value is -2.65. The fourth-order valence-electron chi connectivity index (χ4n) is 4.14. The fourth-order valence-corrected chi connectivity index (χ4v) is 4.97. The topological polar surface area (TPSA) is 95.9 Å². The van der Waals surface area contributed by atoms with E-state index in [1.807, 2.05) is 0 Å². The third-order valence-electron chi connectivity index (χ3n) is 5.47. The van der Waals surface area contributed by atoms with E-state index < -0.39 is 39.6 Å². The number of amides is 1. The second-order valence-corrected chi connectivity index (χ2v) is 11.2. The van der Waals surface area contributed by atoms with Gasteiger partial charge in [-0.15, -0.1) is 0 Å². The number of piperidine rings is 1. The number of likely N-dealkylation sites (tertiary alicyclic amines) is 1. The number of carbonyl (C=O) groups is 1. The predicted molar refractivity (Wildman–Crippen MR) is 125 cm³/mol. The normalized spacial score (nSPS) is 19.4. The first kappa shape index (κ1) is 25.0. The highest BCUT2D eigenvalue weighted by Crippen LogP contribution is 2.33. The van der Waals surface area contributed by atoms with E-state index in [-0.39, 0.29) is 17.7 Å². The molecule has 0 spiro atoms. The third-order valence-corrected chi connectivity index (χ3v) is 6.21. The lowest BCUT2D eigenvalue weighted by Crippen LogP contribution is -2.58. The van der Waals surface area contributed by atoms with Crippen LogP contribution in [0, 0.1) is 5.82 Å². The number of sulfonamides is 1. The van der Waals surface area contributed by atoms with Crippen molar-refractivity contribution in [1.82, 2.24) is 9.62 Å². The van der Waals surface area contributed by atoms with Crippen LogP contribution in [0.1, 0.15) is 39.2 Å². The molecule has 33 heavy (non-hydrogen) atoms. The van der Waals surface area contributed by atoms with Gasteiger partial charge in [0.05, 0.1) is 12.3 Å². The molecule has 2 unspecified atom stereocenters. The van der Waals surface area contributed by atoms with Crippen molar-refractivity contribution >= 4 is 16.1 Å². The summed E-state index contributed by atoms with van der Waals surface area (Å²) < 4.78 is 47.7. The Bertz CT molecular complexity index is 1110. The van der Waals surface area contributed by atoms with Crippen molar-refractivity contribution in [2.75, 3.05) is 12.8 Å². The average molecular weight is 479 g/mol. The maximum Gasteiger partial charge on any atom is 0.410 e. The highest BCUT2D eigenvalue weighted by Gasteiger charge is 2.38. The molecule has 9 heteroatoms. The van der Waals surface area contributed by atoms with E-state index in [9.17, 15) is 18.3 Å². The van der Waals surface area contributed by atoms with Gasteiger partial charge in [0.15, 0.2) is 0 Å². The molecule has 0 saturated carbocycles. The van der Waals surface area contributed by atoms with Gasteiger partial charge in [0.25, 0.3) is 0 Å². The quantitative estimate of drug-likeness (QED) is 0.676. The number of rotatable bonds is 5. The van der Waals surface area contributed by atoms with E-state index in [2.05, 4.69) is 4.72 Å². The van der Waals surface area contributed by atoms with Crippen LogP contribution in [0.3, 0.4) is 0 Å². The minimum absolute atomic E-state index is 0.0433. The van der Waals surface area contributed by atoms with Crippen molar-refractivity contribution in [2.24, 2.45) is 0 Å². The molecule has 1 heterocycles. The first-order valence-electron chi connectivity index (χ1n) is 10.9. The van der Waals surface area contributed by atoms with E-state index >= 15 is 4.39 Å². The highest BCUT2D eigenvalue weighted by molar-refractivity contribution is 7.88. The first-order chi connectivity index (χ1) is 15.4. The molecule has 3 rings (SSSR count). The molecule has 2 aromatic rings. The molecular weight excluding hydrogens is 447 g/mol. The second kappa shape index (κ2) is 9.69. The molecule has 180 valence electrons. The molecule has 7 nitrogen and oxygen atoms in total. The molecule has 1 amide bonds. The molecule has 1 fully saturated rings. The van der Waals surface area contributed by atoms with Gasteiger partial charge in [-0.1, -0.05) is 36.4 Å². The highest BCUT2D eigenvalue weighted by atomic mass is 32.2.